The molecule has 0 saturated carbocycles. The summed E-state index contributed by atoms with van der Waals surface area (Å²) in [7, 11) is 1.56. The monoisotopic (exact) mass is 878 g/mol. The van der Waals surface area contributed by atoms with Crippen LogP contribution >= 0.6 is 22.7 Å². The van der Waals surface area contributed by atoms with Crippen molar-refractivity contribution in [1.29, 1.82) is 0 Å². The van der Waals surface area contributed by atoms with Crippen LogP contribution in [-0.2, 0) is 34.7 Å². The molecule has 0 aliphatic heterocycles. The lowest BCUT2D eigenvalue weighted by molar-refractivity contribution is -0.143. The molecular formula is C43H52F6N6O3S2. The third-order valence-corrected chi connectivity index (χ3v) is 11.1. The molecule has 0 aliphatic rings. The number of rotatable bonds is 13. The van der Waals surface area contributed by atoms with Crippen molar-refractivity contribution in [2.24, 2.45) is 0 Å². The fraction of sp³-hybridized carbons (Fsp3) is 0.442. The number of alkyl halides is 6. The summed E-state index contributed by atoms with van der Waals surface area (Å²) in [5.74, 6) is -0.273. The van der Waals surface area contributed by atoms with E-state index in [-0.39, 0.29) is 36.0 Å². The van der Waals surface area contributed by atoms with Crippen LogP contribution in [0.25, 0.3) is 21.1 Å². The molecule has 0 saturated heterocycles. The molecule has 0 aliphatic carbocycles. The van der Waals surface area contributed by atoms with Crippen LogP contribution in [0.2, 0.25) is 0 Å². The Labute approximate surface area is 355 Å². The summed E-state index contributed by atoms with van der Waals surface area (Å²) < 4.78 is 84.8. The third kappa shape index (κ3) is 14.7. The minimum Gasteiger partial charge on any atom is -0.444 e. The van der Waals surface area contributed by atoms with Gasteiger partial charge in [-0.15, -0.1) is 20.4 Å². The number of halogens is 6. The van der Waals surface area contributed by atoms with E-state index in [0.29, 0.717) is 23.6 Å². The Morgan fingerprint density at radius 1 is 0.750 bits per heavy atom. The molecule has 0 bridgehead atoms. The van der Waals surface area contributed by atoms with E-state index < -0.39 is 41.2 Å². The van der Waals surface area contributed by atoms with E-state index in [0.717, 1.165) is 70.1 Å². The zero-order valence-electron chi connectivity index (χ0n) is 33.9. The van der Waals surface area contributed by atoms with Crippen molar-refractivity contribution in [1.82, 2.24) is 30.6 Å². The Kier molecular flexibility index (Phi) is 17.8. The van der Waals surface area contributed by atoms with E-state index in [2.05, 4.69) is 32.6 Å². The fourth-order valence-electron chi connectivity index (χ4n) is 5.69. The van der Waals surface area contributed by atoms with Crippen molar-refractivity contribution >= 4 is 34.7 Å². The summed E-state index contributed by atoms with van der Waals surface area (Å²) in [6, 6.07) is 18.2. The van der Waals surface area contributed by atoms with Crippen LogP contribution in [0, 0.1) is 0 Å². The number of ether oxygens (including phenoxy) is 1. The van der Waals surface area contributed by atoms with Crippen molar-refractivity contribution in [3.05, 3.63) is 105 Å². The molecule has 2 heterocycles. The SMILES string of the molecule is C.CCCCCC(NC(=O)OC(C)(C)C)c1nnc(-c2ccccc2)s1.CCc1ccc(CC(c2nnc(-c3cc(C(F)(F)F)cc(C(F)(F)F)c3)s2)N(C)C(C)=O)cc1. The highest BCUT2D eigenvalue weighted by Gasteiger charge is 2.37. The molecule has 17 heteroatoms. The van der Waals surface area contributed by atoms with Crippen LogP contribution in [0.4, 0.5) is 31.1 Å². The molecule has 5 aromatic rings. The highest BCUT2D eigenvalue weighted by atomic mass is 32.1. The second kappa shape index (κ2) is 21.6. The van der Waals surface area contributed by atoms with Crippen LogP contribution in [0.1, 0.15) is 119 Å². The molecule has 0 fully saturated rings. The van der Waals surface area contributed by atoms with Crippen molar-refractivity contribution in [2.45, 2.75) is 118 Å². The molecule has 60 heavy (non-hydrogen) atoms. The Morgan fingerprint density at radius 3 is 1.80 bits per heavy atom. The maximum Gasteiger partial charge on any atom is 0.416 e. The van der Waals surface area contributed by atoms with Gasteiger partial charge in [-0.3, -0.25) is 4.79 Å². The molecule has 1 N–H and O–H groups in total. The zero-order chi connectivity index (χ0) is 43.5. The van der Waals surface area contributed by atoms with Crippen molar-refractivity contribution < 1.29 is 40.7 Å². The number of benzene rings is 3. The average molecular weight is 879 g/mol. The minimum atomic E-state index is -4.97. The van der Waals surface area contributed by atoms with E-state index >= 15 is 0 Å². The number of likely N-dealkylation sites (N-methyl/N-ethyl adjacent to an activating group) is 1. The predicted molar refractivity (Wildman–Crippen MR) is 224 cm³/mol. The number of carbonyl (C=O) groups excluding carboxylic acids is 2. The van der Waals surface area contributed by atoms with Crippen LogP contribution in [0.3, 0.4) is 0 Å². The lowest BCUT2D eigenvalue weighted by Gasteiger charge is -2.25. The number of carbonyl (C=O) groups is 2. The second-order valence-corrected chi connectivity index (χ2v) is 16.8. The summed E-state index contributed by atoms with van der Waals surface area (Å²) in [5, 5.41) is 21.3. The number of nitrogens with one attached hydrogen (secondary N) is 1. The second-order valence-electron chi connectivity index (χ2n) is 14.8. The van der Waals surface area contributed by atoms with Gasteiger partial charge in [0.15, 0.2) is 0 Å². The maximum atomic E-state index is 13.2. The Hall–Kier alpha value is -4.90. The van der Waals surface area contributed by atoms with E-state index in [1.807, 2.05) is 82.3 Å². The first-order valence-corrected chi connectivity index (χ1v) is 20.6. The molecule has 5 rings (SSSR count). The number of alkyl carbamates (subject to hydrolysis) is 1. The summed E-state index contributed by atoms with van der Waals surface area (Å²) in [4.78, 5) is 25.7. The van der Waals surface area contributed by atoms with Gasteiger partial charge in [-0.1, -0.05) is 118 Å². The number of hydrogen-bond acceptors (Lipinski definition) is 9. The van der Waals surface area contributed by atoms with Crippen LogP contribution in [0.5, 0.6) is 0 Å². The molecule has 0 radical (unpaired) electrons. The summed E-state index contributed by atoms with van der Waals surface area (Å²) in [5.41, 5.74) is -0.661. The predicted octanol–water partition coefficient (Wildman–Crippen LogP) is 12.6. The summed E-state index contributed by atoms with van der Waals surface area (Å²) in [6.07, 6.45) is -5.03. The van der Waals surface area contributed by atoms with Gasteiger partial charge < -0.3 is 15.0 Å². The number of aromatic nitrogens is 4. The summed E-state index contributed by atoms with van der Waals surface area (Å²) in [6.45, 7) is 11.1. The molecule has 3 aromatic carbocycles. The molecule has 9 nitrogen and oxygen atoms in total. The van der Waals surface area contributed by atoms with E-state index in [1.165, 1.54) is 23.2 Å². The zero-order valence-corrected chi connectivity index (χ0v) is 35.5. The molecular weight excluding hydrogens is 827 g/mol. The quantitative estimate of drug-likeness (QED) is 0.0926. The first kappa shape index (κ1) is 49.5. The fourth-order valence-corrected chi connectivity index (χ4v) is 7.60. The highest BCUT2D eigenvalue weighted by Crippen LogP contribution is 2.40. The first-order chi connectivity index (χ1) is 27.7. The largest absolute Gasteiger partial charge is 0.444 e. The number of unbranched alkanes of at least 4 members (excludes halogenated alkanes) is 2. The normalized spacial score (nSPS) is 12.7. The summed E-state index contributed by atoms with van der Waals surface area (Å²) >= 11 is 2.37. The van der Waals surface area contributed by atoms with Crippen molar-refractivity contribution in [3.8, 4) is 21.1 Å². The van der Waals surface area contributed by atoms with Crippen LogP contribution in [-0.4, -0.2) is 49.9 Å². The van der Waals surface area contributed by atoms with Gasteiger partial charge in [0, 0.05) is 25.1 Å². The molecule has 2 unspecified atom stereocenters. The Balaban J connectivity index is 0.000000330. The molecule has 326 valence electrons. The van der Waals surface area contributed by atoms with Gasteiger partial charge in [0.2, 0.25) is 5.91 Å². The van der Waals surface area contributed by atoms with E-state index in [9.17, 15) is 35.9 Å². The highest BCUT2D eigenvalue weighted by molar-refractivity contribution is 7.15. The minimum absolute atomic E-state index is 0. The molecule has 2 aromatic heterocycles. The van der Waals surface area contributed by atoms with Crippen LogP contribution < -0.4 is 5.32 Å². The number of amides is 2. The molecule has 2 amide bonds. The van der Waals surface area contributed by atoms with Crippen molar-refractivity contribution in [2.75, 3.05) is 7.05 Å². The van der Waals surface area contributed by atoms with Gasteiger partial charge in [0.05, 0.1) is 23.2 Å². The average Bonchev–Trinajstić information content (AvgIpc) is 3.87. The number of aryl methyl sites for hydroxylation is 1. The van der Waals surface area contributed by atoms with Crippen LogP contribution in [0.15, 0.2) is 72.8 Å². The number of hydrogen-bond donors (Lipinski definition) is 1. The lowest BCUT2D eigenvalue weighted by Crippen LogP contribution is -2.35. The van der Waals surface area contributed by atoms with Gasteiger partial charge >= 0.3 is 18.4 Å². The van der Waals surface area contributed by atoms with Gasteiger partial charge in [-0.2, -0.15) is 26.3 Å². The van der Waals surface area contributed by atoms with E-state index in [4.69, 9.17) is 4.74 Å². The molecule has 2 atom stereocenters. The van der Waals surface area contributed by atoms with Gasteiger partial charge in [-0.05, 0) is 69.4 Å². The Bertz CT molecular complexity index is 2080. The standard InChI is InChI=1S/C23H21F6N3OS.C19H27N3O2S.CH4/c1-4-14-5-7-15(8-6-14)9-19(32(3)13(2)33)21-31-30-20(34-21)16-10-17(22(24,25)26)12-18(11-16)23(27,28)29;1-5-6-8-13-15(20-18(23)24-19(2,3)4)17-22-21-16(25-17)14-11-9-7-10-12-14;/h5-8,10-12,19H,4,9H2,1-3H3;7,9-12,15H,5-6,8,13H2,1-4H3,(H,20,23);1H4. The van der Waals surface area contributed by atoms with E-state index in [1.54, 1.807) is 7.05 Å². The number of nitrogens with zero attached hydrogens (tertiary/aromatic N) is 5. The van der Waals surface area contributed by atoms with Gasteiger partial charge in [0.1, 0.15) is 25.6 Å². The maximum absolute atomic E-state index is 13.2. The first-order valence-electron chi connectivity index (χ1n) is 19.0. The lowest BCUT2D eigenvalue weighted by atomic mass is 10.0. The molecule has 0 spiro atoms. The third-order valence-electron chi connectivity index (χ3n) is 8.93. The Morgan fingerprint density at radius 2 is 1.28 bits per heavy atom. The topological polar surface area (TPSA) is 110 Å². The smallest absolute Gasteiger partial charge is 0.416 e. The van der Waals surface area contributed by atoms with Gasteiger partial charge in [0.25, 0.3) is 0 Å². The van der Waals surface area contributed by atoms with Gasteiger partial charge in [-0.25, -0.2) is 4.79 Å². The van der Waals surface area contributed by atoms with Crippen molar-refractivity contribution in [3.63, 3.8) is 0 Å².